The van der Waals surface area contributed by atoms with Gasteiger partial charge in [-0.15, -0.1) is 0 Å². The molecule has 2 N–H and O–H groups in total. The molecule has 0 bridgehead atoms. The second kappa shape index (κ2) is 5.83. The summed E-state index contributed by atoms with van der Waals surface area (Å²) in [6.45, 7) is 0.0160. The van der Waals surface area contributed by atoms with Crippen LogP contribution >= 0.6 is 11.6 Å². The molecule has 1 fully saturated rings. The van der Waals surface area contributed by atoms with Crippen LogP contribution in [0.25, 0.3) is 0 Å². The summed E-state index contributed by atoms with van der Waals surface area (Å²) in [7, 11) is 0. The van der Waals surface area contributed by atoms with Crippen LogP contribution < -0.4 is 15.4 Å². The molecular weight excluding hydrogens is 328 g/mol. The second-order valence-electron chi connectivity index (χ2n) is 6.04. The van der Waals surface area contributed by atoms with Gasteiger partial charge in [0.2, 0.25) is 5.91 Å². The largest absolute Gasteiger partial charge is 0.482 e. The van der Waals surface area contributed by atoms with Crippen LogP contribution in [-0.4, -0.2) is 18.4 Å². The molecular formula is C18H15ClN2O3. The molecule has 1 heterocycles. The van der Waals surface area contributed by atoms with Gasteiger partial charge in [0, 0.05) is 16.6 Å². The van der Waals surface area contributed by atoms with Crippen molar-refractivity contribution >= 4 is 34.8 Å². The van der Waals surface area contributed by atoms with Gasteiger partial charge in [0.05, 0.1) is 5.69 Å². The van der Waals surface area contributed by atoms with Gasteiger partial charge < -0.3 is 15.4 Å². The molecule has 122 valence electrons. The van der Waals surface area contributed by atoms with E-state index in [1.807, 2.05) is 24.3 Å². The third-order valence-electron chi connectivity index (χ3n) is 4.28. The van der Waals surface area contributed by atoms with Crippen molar-refractivity contribution in [2.45, 2.75) is 12.3 Å². The zero-order valence-electron chi connectivity index (χ0n) is 12.7. The Morgan fingerprint density at radius 3 is 2.96 bits per heavy atom. The number of nitrogens with one attached hydrogen (secondary N) is 2. The zero-order chi connectivity index (χ0) is 16.7. The van der Waals surface area contributed by atoms with Gasteiger partial charge in [-0.25, -0.2) is 0 Å². The van der Waals surface area contributed by atoms with Crippen molar-refractivity contribution in [1.29, 1.82) is 0 Å². The van der Waals surface area contributed by atoms with Crippen LogP contribution in [0.5, 0.6) is 5.75 Å². The van der Waals surface area contributed by atoms with Gasteiger partial charge in [0.1, 0.15) is 5.75 Å². The number of ether oxygens (including phenoxy) is 1. The maximum Gasteiger partial charge on any atom is 0.262 e. The van der Waals surface area contributed by atoms with Crippen molar-refractivity contribution in [3.05, 3.63) is 53.1 Å². The van der Waals surface area contributed by atoms with Crippen molar-refractivity contribution < 1.29 is 14.3 Å². The highest BCUT2D eigenvalue weighted by atomic mass is 35.5. The fourth-order valence-electron chi connectivity index (χ4n) is 2.99. The van der Waals surface area contributed by atoms with Crippen LogP contribution in [0.3, 0.4) is 0 Å². The molecule has 4 rings (SSSR count). The maximum absolute atomic E-state index is 12.4. The van der Waals surface area contributed by atoms with Crippen LogP contribution in [-0.2, 0) is 9.59 Å². The van der Waals surface area contributed by atoms with Gasteiger partial charge in [-0.3, -0.25) is 9.59 Å². The molecule has 0 aromatic heterocycles. The Kier molecular flexibility index (Phi) is 3.65. The minimum absolute atomic E-state index is 0.0160. The summed E-state index contributed by atoms with van der Waals surface area (Å²) in [5, 5.41) is 6.32. The minimum Gasteiger partial charge on any atom is -0.482 e. The predicted molar refractivity (Wildman–Crippen MR) is 91.5 cm³/mol. The quantitative estimate of drug-likeness (QED) is 0.898. The highest BCUT2D eigenvalue weighted by Gasteiger charge is 2.44. The number of carbonyl (C=O) groups excluding carboxylic acids is 2. The van der Waals surface area contributed by atoms with Gasteiger partial charge in [-0.05, 0) is 48.2 Å². The van der Waals surface area contributed by atoms with E-state index in [-0.39, 0.29) is 30.3 Å². The number of halogens is 1. The van der Waals surface area contributed by atoms with Crippen LogP contribution in [0.15, 0.2) is 42.5 Å². The normalized spacial score (nSPS) is 21.3. The third-order valence-corrected chi connectivity index (χ3v) is 4.52. The Labute approximate surface area is 144 Å². The molecule has 6 heteroatoms. The molecule has 2 amide bonds. The monoisotopic (exact) mass is 342 g/mol. The second-order valence-corrected chi connectivity index (χ2v) is 6.48. The predicted octanol–water partition coefficient (Wildman–Crippen LogP) is 3.41. The van der Waals surface area contributed by atoms with Gasteiger partial charge in [0.25, 0.3) is 5.91 Å². The SMILES string of the molecule is O=C1COc2ccc(NC(=O)[C@H]3C[C@@H]3c3cccc(Cl)c3)cc2N1. The van der Waals surface area contributed by atoms with E-state index in [2.05, 4.69) is 10.6 Å². The zero-order valence-corrected chi connectivity index (χ0v) is 13.5. The lowest BCUT2D eigenvalue weighted by atomic mass is 10.1. The summed E-state index contributed by atoms with van der Waals surface area (Å²) in [5.41, 5.74) is 2.31. The topological polar surface area (TPSA) is 67.4 Å². The number of anilines is 2. The molecule has 24 heavy (non-hydrogen) atoms. The summed E-state index contributed by atoms with van der Waals surface area (Å²) in [6.07, 6.45) is 0.816. The number of amides is 2. The minimum atomic E-state index is -0.200. The van der Waals surface area contributed by atoms with Gasteiger partial charge in [-0.2, -0.15) is 0 Å². The summed E-state index contributed by atoms with van der Waals surface area (Å²) in [4.78, 5) is 23.8. The molecule has 2 aromatic rings. The van der Waals surface area contributed by atoms with Crippen molar-refractivity contribution in [3.63, 3.8) is 0 Å². The van der Waals surface area contributed by atoms with E-state index in [0.717, 1.165) is 12.0 Å². The Morgan fingerprint density at radius 1 is 1.25 bits per heavy atom. The van der Waals surface area contributed by atoms with Crippen LogP contribution in [0, 0.1) is 5.92 Å². The average molecular weight is 343 g/mol. The molecule has 5 nitrogen and oxygen atoms in total. The fourth-order valence-corrected chi connectivity index (χ4v) is 3.18. The number of hydrogen-bond acceptors (Lipinski definition) is 3. The molecule has 0 unspecified atom stereocenters. The fraction of sp³-hybridized carbons (Fsp3) is 0.222. The highest BCUT2D eigenvalue weighted by Crippen LogP contribution is 2.48. The molecule has 1 aliphatic heterocycles. The Morgan fingerprint density at radius 2 is 2.12 bits per heavy atom. The summed E-state index contributed by atoms with van der Waals surface area (Å²) in [5.74, 6) is 0.544. The number of rotatable bonds is 3. The van der Waals surface area contributed by atoms with Crippen molar-refractivity contribution in [1.82, 2.24) is 0 Å². The first-order valence-corrected chi connectivity index (χ1v) is 8.11. The van der Waals surface area contributed by atoms with Crippen molar-refractivity contribution in [3.8, 4) is 5.75 Å². The molecule has 2 atom stereocenters. The molecule has 0 spiro atoms. The lowest BCUT2D eigenvalue weighted by Gasteiger charge is -2.18. The Hall–Kier alpha value is -2.53. The van der Waals surface area contributed by atoms with E-state index in [1.165, 1.54) is 0 Å². The summed E-state index contributed by atoms with van der Waals surface area (Å²) >= 11 is 6.01. The van der Waals surface area contributed by atoms with E-state index in [4.69, 9.17) is 16.3 Å². The highest BCUT2D eigenvalue weighted by molar-refractivity contribution is 6.30. The first kappa shape index (κ1) is 15.0. The third kappa shape index (κ3) is 2.95. The number of carbonyl (C=O) groups is 2. The number of benzene rings is 2. The van der Waals surface area contributed by atoms with Crippen LogP contribution in [0.4, 0.5) is 11.4 Å². The molecule has 1 aliphatic carbocycles. The number of hydrogen-bond donors (Lipinski definition) is 2. The Bertz CT molecular complexity index is 837. The van der Waals surface area contributed by atoms with Gasteiger partial charge in [0.15, 0.2) is 6.61 Å². The molecule has 2 aliphatic rings. The molecule has 1 saturated carbocycles. The van der Waals surface area contributed by atoms with Gasteiger partial charge >= 0.3 is 0 Å². The van der Waals surface area contributed by atoms with Crippen molar-refractivity contribution in [2.24, 2.45) is 5.92 Å². The Balaban J connectivity index is 1.44. The van der Waals surface area contributed by atoms with E-state index < -0.39 is 0 Å². The summed E-state index contributed by atoms with van der Waals surface area (Å²) in [6, 6.07) is 12.8. The van der Waals surface area contributed by atoms with Crippen LogP contribution in [0.1, 0.15) is 17.9 Å². The van der Waals surface area contributed by atoms with E-state index in [9.17, 15) is 9.59 Å². The molecule has 0 saturated heterocycles. The summed E-state index contributed by atoms with van der Waals surface area (Å²) < 4.78 is 5.30. The first-order chi connectivity index (χ1) is 11.6. The van der Waals surface area contributed by atoms with E-state index >= 15 is 0 Å². The van der Waals surface area contributed by atoms with Crippen molar-refractivity contribution in [2.75, 3.05) is 17.2 Å². The van der Waals surface area contributed by atoms with E-state index in [1.54, 1.807) is 18.2 Å². The maximum atomic E-state index is 12.4. The number of fused-ring (bicyclic) bond motifs is 1. The average Bonchev–Trinajstić information content (AvgIpc) is 3.35. The van der Waals surface area contributed by atoms with Crippen LogP contribution in [0.2, 0.25) is 5.02 Å². The first-order valence-electron chi connectivity index (χ1n) is 7.73. The van der Waals surface area contributed by atoms with E-state index in [0.29, 0.717) is 22.1 Å². The lowest BCUT2D eigenvalue weighted by Crippen LogP contribution is -2.25. The smallest absolute Gasteiger partial charge is 0.262 e. The molecule has 0 radical (unpaired) electrons. The lowest BCUT2D eigenvalue weighted by molar-refractivity contribution is -0.119. The standard InChI is InChI=1S/C18H15ClN2O3/c19-11-3-1-2-10(6-11)13-8-14(13)18(23)20-12-4-5-16-15(7-12)21-17(22)9-24-16/h1-7,13-14H,8-9H2,(H,20,23)(H,21,22)/t13-,14+/m1/s1. The molecule has 2 aromatic carbocycles. The van der Waals surface area contributed by atoms with Gasteiger partial charge in [-0.1, -0.05) is 23.7 Å².